The summed E-state index contributed by atoms with van der Waals surface area (Å²) in [5, 5.41) is 13.1. The maximum atomic E-state index is 9.73. The molecule has 0 unspecified atom stereocenters. The van der Waals surface area contributed by atoms with Gasteiger partial charge in [0, 0.05) is 17.5 Å². The van der Waals surface area contributed by atoms with Gasteiger partial charge in [0.15, 0.2) is 0 Å². The van der Waals surface area contributed by atoms with Gasteiger partial charge in [-0.15, -0.1) is 0 Å². The maximum absolute atomic E-state index is 9.73. The minimum Gasteiger partial charge on any atom is -0.508 e. The second-order valence-corrected chi connectivity index (χ2v) is 6.33. The highest BCUT2D eigenvalue weighted by Crippen LogP contribution is 2.30. The Labute approximate surface area is 131 Å². The monoisotopic (exact) mass is 300 g/mol. The predicted molar refractivity (Wildman–Crippen MR) is 90.0 cm³/mol. The fraction of sp³-hybridized carbons (Fsp3) is 0.412. The zero-order valence-corrected chi connectivity index (χ0v) is 13.4. The summed E-state index contributed by atoms with van der Waals surface area (Å²) in [6, 6.07) is 7.11. The lowest BCUT2D eigenvalue weighted by atomic mass is 9.95. The molecule has 5 nitrogen and oxygen atoms in total. The molecule has 118 valence electrons. The van der Waals surface area contributed by atoms with Crippen molar-refractivity contribution in [3.05, 3.63) is 36.3 Å². The first-order chi connectivity index (χ1) is 10.4. The fourth-order valence-corrected chi connectivity index (χ4v) is 2.07. The Morgan fingerprint density at radius 1 is 1.27 bits per heavy atom. The number of aromatic nitrogens is 2. The summed E-state index contributed by atoms with van der Waals surface area (Å²) in [5.74, 6) is 0.997. The van der Waals surface area contributed by atoms with Crippen molar-refractivity contribution < 1.29 is 5.11 Å². The van der Waals surface area contributed by atoms with Crippen molar-refractivity contribution in [3.63, 3.8) is 0 Å². The fourth-order valence-electron chi connectivity index (χ4n) is 2.07. The molecule has 0 aliphatic carbocycles. The molecule has 0 amide bonds. The maximum Gasteiger partial charge on any atom is 0.134 e. The van der Waals surface area contributed by atoms with Gasteiger partial charge in [-0.05, 0) is 25.1 Å². The molecule has 0 aliphatic rings. The number of phenolic OH excluding ortho intramolecular Hbond substituents is 1. The summed E-state index contributed by atoms with van der Waals surface area (Å²) in [4.78, 5) is 9.19. The Morgan fingerprint density at radius 3 is 2.68 bits per heavy atom. The molecule has 1 aromatic carbocycles. The summed E-state index contributed by atoms with van der Waals surface area (Å²) < 4.78 is 0. The number of aromatic hydroxyl groups is 1. The molecular weight excluding hydrogens is 276 g/mol. The molecule has 2 rings (SSSR count). The van der Waals surface area contributed by atoms with Crippen molar-refractivity contribution in [2.45, 2.75) is 32.6 Å². The van der Waals surface area contributed by atoms with Crippen LogP contribution >= 0.6 is 0 Å². The van der Waals surface area contributed by atoms with Gasteiger partial charge in [0.25, 0.3) is 0 Å². The number of rotatable bonds is 5. The first-order valence-corrected chi connectivity index (χ1v) is 7.52. The summed E-state index contributed by atoms with van der Waals surface area (Å²) >= 11 is 0. The number of hydrogen-bond donors (Lipinski definition) is 3. The zero-order chi connectivity index (χ0) is 16.2. The number of nitrogens with two attached hydrogens (primary N) is 1. The van der Waals surface area contributed by atoms with Gasteiger partial charge in [-0.2, -0.15) is 0 Å². The molecule has 0 aliphatic heterocycles. The Bertz CT molecular complexity index is 635. The van der Waals surface area contributed by atoms with Crippen LogP contribution in [0.2, 0.25) is 0 Å². The van der Waals surface area contributed by atoms with Crippen LogP contribution in [0, 0.1) is 0 Å². The van der Waals surface area contributed by atoms with Crippen LogP contribution < -0.4 is 11.1 Å². The second kappa shape index (κ2) is 6.75. The van der Waals surface area contributed by atoms with Crippen LogP contribution in [0.5, 0.6) is 5.75 Å². The van der Waals surface area contributed by atoms with Gasteiger partial charge in [0.05, 0.1) is 17.6 Å². The normalized spacial score (nSPS) is 11.5. The number of nitrogens with one attached hydrogen (secondary N) is 1. The van der Waals surface area contributed by atoms with Gasteiger partial charge >= 0.3 is 0 Å². The summed E-state index contributed by atoms with van der Waals surface area (Å²) in [7, 11) is 0. The van der Waals surface area contributed by atoms with Crippen LogP contribution in [0.3, 0.4) is 0 Å². The Morgan fingerprint density at radius 2 is 2.05 bits per heavy atom. The van der Waals surface area contributed by atoms with E-state index in [1.165, 1.54) is 0 Å². The van der Waals surface area contributed by atoms with Crippen LogP contribution in [0.1, 0.15) is 33.0 Å². The van der Waals surface area contributed by atoms with Crippen LogP contribution in [0.25, 0.3) is 11.3 Å². The Balaban J connectivity index is 2.45. The highest BCUT2D eigenvalue weighted by atomic mass is 16.3. The van der Waals surface area contributed by atoms with Crippen LogP contribution in [-0.2, 0) is 5.41 Å². The summed E-state index contributed by atoms with van der Waals surface area (Å²) in [5.41, 5.74) is 7.92. The molecule has 2 aromatic rings. The van der Waals surface area contributed by atoms with E-state index in [4.69, 9.17) is 10.7 Å². The van der Waals surface area contributed by atoms with Gasteiger partial charge in [0.1, 0.15) is 11.6 Å². The molecule has 0 bridgehead atoms. The minimum atomic E-state index is -0.138. The van der Waals surface area contributed by atoms with E-state index in [0.29, 0.717) is 6.54 Å². The molecule has 22 heavy (non-hydrogen) atoms. The highest BCUT2D eigenvalue weighted by Gasteiger charge is 2.20. The van der Waals surface area contributed by atoms with Gasteiger partial charge in [-0.25, -0.2) is 9.97 Å². The number of nitrogens with zero attached hydrogens (tertiary/aromatic N) is 2. The van der Waals surface area contributed by atoms with Gasteiger partial charge in [0.2, 0.25) is 0 Å². The third-order valence-electron chi connectivity index (χ3n) is 3.28. The van der Waals surface area contributed by atoms with E-state index in [1.54, 1.807) is 12.1 Å². The topological polar surface area (TPSA) is 84.1 Å². The average Bonchev–Trinajstić information content (AvgIpc) is 2.46. The second-order valence-electron chi connectivity index (χ2n) is 6.33. The molecule has 5 heteroatoms. The highest BCUT2D eigenvalue weighted by molar-refractivity contribution is 5.74. The quantitative estimate of drug-likeness (QED) is 0.739. The van der Waals surface area contributed by atoms with Gasteiger partial charge in [-0.1, -0.05) is 32.9 Å². The predicted octanol–water partition coefficient (Wildman–Crippen LogP) is 2.91. The number of hydrogen-bond acceptors (Lipinski definition) is 5. The molecule has 0 saturated heterocycles. The van der Waals surface area contributed by atoms with Gasteiger partial charge < -0.3 is 16.2 Å². The number of anilines is 1. The van der Waals surface area contributed by atoms with Crippen molar-refractivity contribution in [2.75, 3.05) is 18.4 Å². The summed E-state index contributed by atoms with van der Waals surface area (Å²) in [6.45, 7) is 7.64. The molecule has 0 spiro atoms. The largest absolute Gasteiger partial charge is 0.508 e. The van der Waals surface area contributed by atoms with Gasteiger partial charge in [-0.3, -0.25) is 0 Å². The molecule has 0 radical (unpaired) electrons. The van der Waals surface area contributed by atoms with Crippen LogP contribution in [-0.4, -0.2) is 28.2 Å². The summed E-state index contributed by atoms with van der Waals surface area (Å²) in [6.07, 6.45) is 2.68. The van der Waals surface area contributed by atoms with E-state index in [-0.39, 0.29) is 11.2 Å². The third-order valence-corrected chi connectivity index (χ3v) is 3.28. The SMILES string of the molecule is CC(C)(C)c1ncc(NCCCN)c(-c2cccc(O)c2)n1. The lowest BCUT2D eigenvalue weighted by Gasteiger charge is -2.19. The molecule has 1 aromatic heterocycles. The lowest BCUT2D eigenvalue weighted by molar-refractivity contribution is 0.475. The van der Waals surface area contributed by atoms with Crippen molar-refractivity contribution >= 4 is 5.69 Å². The standard InChI is InChI=1S/C17H24N4O/c1-17(2,3)16-20-11-14(19-9-5-8-18)15(21-16)12-6-4-7-13(22)10-12/h4,6-7,10-11,19,22H,5,8-9,18H2,1-3H3. The molecule has 4 N–H and O–H groups in total. The third kappa shape index (κ3) is 3.95. The Hall–Kier alpha value is -2.14. The minimum absolute atomic E-state index is 0.138. The van der Waals surface area contributed by atoms with Crippen molar-refractivity contribution in [2.24, 2.45) is 5.73 Å². The number of phenols is 1. The van der Waals surface area contributed by atoms with E-state index < -0.39 is 0 Å². The molecule has 0 fully saturated rings. The van der Waals surface area contributed by atoms with E-state index in [2.05, 4.69) is 31.1 Å². The smallest absolute Gasteiger partial charge is 0.134 e. The molecular formula is C17H24N4O. The van der Waals surface area contributed by atoms with Crippen LogP contribution in [0.4, 0.5) is 5.69 Å². The van der Waals surface area contributed by atoms with Crippen LogP contribution in [0.15, 0.2) is 30.5 Å². The first kappa shape index (κ1) is 16.2. The van der Waals surface area contributed by atoms with Crippen molar-refractivity contribution in [3.8, 4) is 17.0 Å². The van der Waals surface area contributed by atoms with E-state index in [0.717, 1.165) is 35.7 Å². The zero-order valence-electron chi connectivity index (χ0n) is 13.4. The lowest BCUT2D eigenvalue weighted by Crippen LogP contribution is -2.17. The van der Waals surface area contributed by atoms with E-state index in [1.807, 2.05) is 18.3 Å². The van der Waals surface area contributed by atoms with E-state index in [9.17, 15) is 5.11 Å². The average molecular weight is 300 g/mol. The molecule has 0 saturated carbocycles. The first-order valence-electron chi connectivity index (χ1n) is 7.52. The molecule has 1 heterocycles. The van der Waals surface area contributed by atoms with Crippen molar-refractivity contribution in [1.29, 1.82) is 0 Å². The van der Waals surface area contributed by atoms with E-state index >= 15 is 0 Å². The number of benzene rings is 1. The molecule has 0 atom stereocenters. The Kier molecular flexibility index (Phi) is 4.98. The van der Waals surface area contributed by atoms with Crippen molar-refractivity contribution in [1.82, 2.24) is 9.97 Å².